The second-order valence-corrected chi connectivity index (χ2v) is 4.46. The largest absolute Gasteiger partial charge is 0.496 e. The Morgan fingerprint density at radius 1 is 1.20 bits per heavy atom. The summed E-state index contributed by atoms with van der Waals surface area (Å²) in [4.78, 5) is 0. The smallest absolute Gasteiger partial charge is 0.132 e. The van der Waals surface area contributed by atoms with Gasteiger partial charge in [-0.2, -0.15) is 0 Å². The summed E-state index contributed by atoms with van der Waals surface area (Å²) in [6, 6.07) is 11.9. The van der Waals surface area contributed by atoms with E-state index in [0.29, 0.717) is 5.75 Å². The molecule has 4 heteroatoms. The molecule has 0 saturated heterocycles. The summed E-state index contributed by atoms with van der Waals surface area (Å²) in [7, 11) is 1.59. The average molecular weight is 276 g/mol. The van der Waals surface area contributed by atoms with Crippen molar-refractivity contribution in [2.45, 2.75) is 19.6 Å². The summed E-state index contributed by atoms with van der Waals surface area (Å²) >= 11 is 0. The van der Waals surface area contributed by atoms with Gasteiger partial charge in [0, 0.05) is 17.2 Å². The van der Waals surface area contributed by atoms with E-state index in [2.05, 4.69) is 0 Å². The monoisotopic (exact) mass is 276 g/mol. The molecule has 0 unspecified atom stereocenters. The minimum atomic E-state index is -0.835. The Morgan fingerprint density at radius 3 is 2.60 bits per heavy atom. The summed E-state index contributed by atoms with van der Waals surface area (Å²) in [6.07, 6.45) is -0.835. The molecule has 0 aromatic heterocycles. The van der Waals surface area contributed by atoms with E-state index in [-0.39, 0.29) is 12.2 Å². The number of halogens is 1. The second kappa shape index (κ2) is 6.39. The van der Waals surface area contributed by atoms with Gasteiger partial charge in [-0.15, -0.1) is 0 Å². The highest BCUT2D eigenvalue weighted by Crippen LogP contribution is 2.24. The molecule has 0 saturated carbocycles. The predicted octanol–water partition coefficient (Wildman–Crippen LogP) is 3.47. The summed E-state index contributed by atoms with van der Waals surface area (Å²) in [5, 5.41) is 9.37. The molecule has 0 bridgehead atoms. The van der Waals surface area contributed by atoms with Crippen molar-refractivity contribution in [3.63, 3.8) is 0 Å². The maximum atomic E-state index is 13.7. The van der Waals surface area contributed by atoms with Gasteiger partial charge in [-0.25, -0.2) is 4.39 Å². The van der Waals surface area contributed by atoms with Crippen molar-refractivity contribution in [1.82, 2.24) is 0 Å². The number of hydrogen-bond donors (Lipinski definition) is 1. The summed E-state index contributed by atoms with van der Waals surface area (Å²) in [6.45, 7) is 1.81. The molecule has 0 amide bonds. The van der Waals surface area contributed by atoms with Crippen LogP contribution in [-0.4, -0.2) is 12.2 Å². The fourth-order valence-corrected chi connectivity index (χ4v) is 1.92. The Hall–Kier alpha value is -2.07. The third kappa shape index (κ3) is 3.27. The van der Waals surface area contributed by atoms with Gasteiger partial charge in [0.25, 0.3) is 0 Å². The number of ether oxygens (including phenoxy) is 2. The first-order valence-electron chi connectivity index (χ1n) is 6.34. The zero-order chi connectivity index (χ0) is 14.5. The summed E-state index contributed by atoms with van der Waals surface area (Å²) in [5.41, 5.74) is 1.14. The maximum Gasteiger partial charge on any atom is 0.132 e. The Bertz CT molecular complexity index is 582. The molecule has 0 radical (unpaired) electrons. The lowest BCUT2D eigenvalue weighted by Gasteiger charge is -2.12. The van der Waals surface area contributed by atoms with Gasteiger partial charge in [0.05, 0.1) is 13.2 Å². The molecule has 2 rings (SSSR count). The van der Waals surface area contributed by atoms with Crippen molar-refractivity contribution in [2.24, 2.45) is 0 Å². The second-order valence-electron chi connectivity index (χ2n) is 4.46. The van der Waals surface area contributed by atoms with Gasteiger partial charge < -0.3 is 14.6 Å². The number of aliphatic hydroxyl groups is 1. The predicted molar refractivity (Wildman–Crippen MR) is 74.4 cm³/mol. The zero-order valence-corrected chi connectivity index (χ0v) is 11.5. The first-order chi connectivity index (χ1) is 9.61. The van der Waals surface area contributed by atoms with Gasteiger partial charge in [-0.1, -0.05) is 18.2 Å². The summed E-state index contributed by atoms with van der Waals surface area (Å²) in [5.74, 6) is 0.670. The van der Waals surface area contributed by atoms with Crippen LogP contribution >= 0.6 is 0 Å². The number of para-hydroxylation sites is 1. The molecule has 3 nitrogen and oxygen atoms in total. The van der Waals surface area contributed by atoms with E-state index in [9.17, 15) is 9.50 Å². The van der Waals surface area contributed by atoms with Crippen LogP contribution in [0.1, 0.15) is 24.2 Å². The van der Waals surface area contributed by atoms with Crippen LogP contribution in [0.5, 0.6) is 11.5 Å². The lowest BCUT2D eigenvalue weighted by Crippen LogP contribution is -2.00. The van der Waals surface area contributed by atoms with Crippen molar-refractivity contribution < 1.29 is 19.0 Å². The molecular formula is C16H17FO3. The molecule has 0 aliphatic carbocycles. The van der Waals surface area contributed by atoms with E-state index in [1.807, 2.05) is 24.3 Å². The number of benzene rings is 2. The van der Waals surface area contributed by atoms with E-state index in [1.54, 1.807) is 13.2 Å². The van der Waals surface area contributed by atoms with Gasteiger partial charge in [0.1, 0.15) is 23.9 Å². The van der Waals surface area contributed by atoms with Crippen LogP contribution in [0.15, 0.2) is 42.5 Å². The molecule has 1 atom stereocenters. The van der Waals surface area contributed by atoms with Crippen molar-refractivity contribution in [3.8, 4) is 11.5 Å². The van der Waals surface area contributed by atoms with Gasteiger partial charge >= 0.3 is 0 Å². The van der Waals surface area contributed by atoms with Crippen LogP contribution in [0, 0.1) is 5.82 Å². The minimum Gasteiger partial charge on any atom is -0.496 e. The third-order valence-electron chi connectivity index (χ3n) is 3.01. The molecular weight excluding hydrogens is 259 g/mol. The van der Waals surface area contributed by atoms with Crippen LogP contribution in [0.3, 0.4) is 0 Å². The molecule has 0 fully saturated rings. The van der Waals surface area contributed by atoms with Crippen molar-refractivity contribution in [2.75, 3.05) is 7.11 Å². The highest BCUT2D eigenvalue weighted by Gasteiger charge is 2.09. The first kappa shape index (κ1) is 14.3. The molecule has 0 aliphatic heterocycles. The fraction of sp³-hybridized carbons (Fsp3) is 0.250. The molecule has 0 heterocycles. The molecule has 0 spiro atoms. The topological polar surface area (TPSA) is 38.7 Å². The molecule has 2 aromatic carbocycles. The molecule has 0 aliphatic rings. The highest BCUT2D eigenvalue weighted by molar-refractivity contribution is 5.34. The normalized spacial score (nSPS) is 12.0. The maximum absolute atomic E-state index is 13.7. The van der Waals surface area contributed by atoms with Gasteiger partial charge in [0.15, 0.2) is 0 Å². The van der Waals surface area contributed by atoms with E-state index in [1.165, 1.54) is 19.1 Å². The van der Waals surface area contributed by atoms with E-state index in [0.717, 1.165) is 11.3 Å². The third-order valence-corrected chi connectivity index (χ3v) is 3.01. The zero-order valence-electron chi connectivity index (χ0n) is 11.5. The number of methoxy groups -OCH3 is 1. The molecule has 106 valence electrons. The first-order valence-corrected chi connectivity index (χ1v) is 6.34. The molecule has 2 aromatic rings. The SMILES string of the molecule is COc1ccccc1COc1ccc([C@@H](C)O)c(F)c1. The van der Waals surface area contributed by atoms with Crippen molar-refractivity contribution >= 4 is 0 Å². The van der Waals surface area contributed by atoms with Gasteiger partial charge in [-0.3, -0.25) is 0 Å². The van der Waals surface area contributed by atoms with Crippen LogP contribution < -0.4 is 9.47 Å². The van der Waals surface area contributed by atoms with Crippen LogP contribution in [0.25, 0.3) is 0 Å². The van der Waals surface area contributed by atoms with Gasteiger partial charge in [-0.05, 0) is 25.1 Å². The Labute approximate surface area is 117 Å². The van der Waals surface area contributed by atoms with E-state index >= 15 is 0 Å². The standard InChI is InChI=1S/C16H17FO3/c1-11(18)14-8-7-13(9-15(14)17)20-10-12-5-3-4-6-16(12)19-2/h3-9,11,18H,10H2,1-2H3/t11-/m1/s1. The Kier molecular flexibility index (Phi) is 4.58. The number of hydrogen-bond acceptors (Lipinski definition) is 3. The quantitative estimate of drug-likeness (QED) is 0.908. The van der Waals surface area contributed by atoms with Crippen LogP contribution in [-0.2, 0) is 6.61 Å². The lowest BCUT2D eigenvalue weighted by atomic mass is 10.1. The number of rotatable bonds is 5. The fourth-order valence-electron chi connectivity index (χ4n) is 1.92. The van der Waals surface area contributed by atoms with Crippen molar-refractivity contribution in [1.29, 1.82) is 0 Å². The Balaban J connectivity index is 2.09. The number of aliphatic hydroxyl groups excluding tert-OH is 1. The van der Waals surface area contributed by atoms with E-state index in [4.69, 9.17) is 9.47 Å². The highest BCUT2D eigenvalue weighted by atomic mass is 19.1. The minimum absolute atomic E-state index is 0.259. The van der Waals surface area contributed by atoms with Crippen LogP contribution in [0.4, 0.5) is 4.39 Å². The van der Waals surface area contributed by atoms with Gasteiger partial charge in [0.2, 0.25) is 0 Å². The molecule has 20 heavy (non-hydrogen) atoms. The summed E-state index contributed by atoms with van der Waals surface area (Å²) < 4.78 is 24.5. The van der Waals surface area contributed by atoms with E-state index < -0.39 is 11.9 Å². The Morgan fingerprint density at radius 2 is 1.95 bits per heavy atom. The lowest BCUT2D eigenvalue weighted by molar-refractivity contribution is 0.194. The molecule has 1 N–H and O–H groups in total. The van der Waals surface area contributed by atoms with Crippen molar-refractivity contribution in [3.05, 3.63) is 59.4 Å². The van der Waals surface area contributed by atoms with Crippen LogP contribution in [0.2, 0.25) is 0 Å². The average Bonchev–Trinajstić information content (AvgIpc) is 2.45.